The highest BCUT2D eigenvalue weighted by molar-refractivity contribution is 5.37. The molecule has 130 valence electrons. The van der Waals surface area contributed by atoms with Gasteiger partial charge in [0.15, 0.2) is 0 Å². The monoisotopic (exact) mass is 332 g/mol. The van der Waals surface area contributed by atoms with E-state index >= 15 is 0 Å². The largest absolute Gasteiger partial charge is 0.395 e. The van der Waals surface area contributed by atoms with Gasteiger partial charge in [-0.1, -0.05) is 0 Å². The molecule has 0 bridgehead atoms. The Bertz CT molecular complexity index is 675. The molecule has 1 aromatic carbocycles. The van der Waals surface area contributed by atoms with Gasteiger partial charge in [-0.3, -0.25) is 9.80 Å². The Balaban J connectivity index is 1.72. The number of hydrogen-bond donors (Lipinski definition) is 1. The van der Waals surface area contributed by atoms with Crippen LogP contribution in [-0.4, -0.2) is 64.0 Å². The summed E-state index contributed by atoms with van der Waals surface area (Å²) >= 11 is 0. The number of benzene rings is 1. The predicted octanol–water partition coefficient (Wildman–Crippen LogP) is 1.74. The maximum absolute atomic E-state index is 13.1. The molecule has 2 heterocycles. The van der Waals surface area contributed by atoms with Gasteiger partial charge in [-0.25, -0.2) is 9.07 Å². The highest BCUT2D eigenvalue weighted by atomic mass is 19.1. The summed E-state index contributed by atoms with van der Waals surface area (Å²) in [5, 5.41) is 13.7. The van der Waals surface area contributed by atoms with Gasteiger partial charge in [0.1, 0.15) is 5.82 Å². The zero-order valence-electron chi connectivity index (χ0n) is 14.4. The van der Waals surface area contributed by atoms with E-state index in [1.165, 1.54) is 17.7 Å². The van der Waals surface area contributed by atoms with E-state index in [-0.39, 0.29) is 12.4 Å². The van der Waals surface area contributed by atoms with Crippen LogP contribution in [0.25, 0.3) is 5.69 Å². The molecule has 1 N–H and O–H groups in total. The van der Waals surface area contributed by atoms with Crippen LogP contribution in [0.15, 0.2) is 24.3 Å². The van der Waals surface area contributed by atoms with Gasteiger partial charge in [0.05, 0.1) is 18.0 Å². The fourth-order valence-electron chi connectivity index (χ4n) is 3.27. The molecule has 0 amide bonds. The molecular weight excluding hydrogens is 307 g/mol. The van der Waals surface area contributed by atoms with E-state index in [2.05, 4.69) is 21.8 Å². The molecule has 0 atom stereocenters. The lowest BCUT2D eigenvalue weighted by molar-refractivity contribution is 0.108. The highest BCUT2D eigenvalue weighted by Crippen LogP contribution is 2.20. The Labute approximate surface area is 142 Å². The minimum Gasteiger partial charge on any atom is -0.395 e. The first-order valence-electron chi connectivity index (χ1n) is 8.45. The Morgan fingerprint density at radius 2 is 1.67 bits per heavy atom. The minimum atomic E-state index is -0.235. The number of aryl methyl sites for hydroxylation is 1. The van der Waals surface area contributed by atoms with Crippen LogP contribution in [0.5, 0.6) is 0 Å². The van der Waals surface area contributed by atoms with E-state index in [1.807, 2.05) is 11.6 Å². The molecule has 1 aromatic heterocycles. The number of rotatable bonds is 5. The van der Waals surface area contributed by atoms with E-state index in [0.717, 1.165) is 56.3 Å². The average molecular weight is 332 g/mol. The number of halogens is 1. The molecule has 1 saturated heterocycles. The first-order chi connectivity index (χ1) is 11.6. The molecule has 0 radical (unpaired) electrons. The van der Waals surface area contributed by atoms with E-state index < -0.39 is 0 Å². The minimum absolute atomic E-state index is 0.225. The topological polar surface area (TPSA) is 44.5 Å². The summed E-state index contributed by atoms with van der Waals surface area (Å²) in [6.45, 7) is 9.95. The lowest BCUT2D eigenvalue weighted by atomic mass is 10.1. The van der Waals surface area contributed by atoms with Crippen molar-refractivity contribution in [2.45, 2.75) is 20.4 Å². The van der Waals surface area contributed by atoms with Crippen molar-refractivity contribution in [3.05, 3.63) is 47.0 Å². The molecule has 6 heteroatoms. The lowest BCUT2D eigenvalue weighted by Gasteiger charge is -2.34. The highest BCUT2D eigenvalue weighted by Gasteiger charge is 2.20. The third-order valence-corrected chi connectivity index (χ3v) is 4.78. The number of β-amino-alcohol motifs (C(OH)–C–C–N with tert-alkyl or cyclic N) is 1. The molecule has 0 aliphatic carbocycles. The SMILES string of the molecule is Cc1nn(-c2ccc(F)cc2)c(C)c1CN1CCN(CCO)CC1. The average Bonchev–Trinajstić information content (AvgIpc) is 2.86. The van der Waals surface area contributed by atoms with Crippen LogP contribution in [-0.2, 0) is 6.54 Å². The van der Waals surface area contributed by atoms with Crippen LogP contribution in [0, 0.1) is 19.7 Å². The molecule has 3 rings (SSSR count). The Kier molecular flexibility index (Phi) is 5.28. The van der Waals surface area contributed by atoms with Crippen molar-refractivity contribution < 1.29 is 9.50 Å². The summed E-state index contributed by atoms with van der Waals surface area (Å²) < 4.78 is 15.0. The summed E-state index contributed by atoms with van der Waals surface area (Å²) in [5.41, 5.74) is 4.26. The van der Waals surface area contributed by atoms with Crippen LogP contribution < -0.4 is 0 Å². The quantitative estimate of drug-likeness (QED) is 0.906. The van der Waals surface area contributed by atoms with Gasteiger partial charge in [-0.15, -0.1) is 0 Å². The Morgan fingerprint density at radius 1 is 1.04 bits per heavy atom. The fraction of sp³-hybridized carbons (Fsp3) is 0.500. The van der Waals surface area contributed by atoms with Crippen LogP contribution in [0.4, 0.5) is 4.39 Å². The number of aromatic nitrogens is 2. The first kappa shape index (κ1) is 17.1. The molecule has 1 aliphatic rings. The maximum atomic E-state index is 13.1. The first-order valence-corrected chi connectivity index (χ1v) is 8.45. The van der Waals surface area contributed by atoms with Gasteiger partial charge >= 0.3 is 0 Å². The second-order valence-corrected chi connectivity index (χ2v) is 6.38. The van der Waals surface area contributed by atoms with Gasteiger partial charge in [0.25, 0.3) is 0 Å². The molecule has 5 nitrogen and oxygen atoms in total. The number of aliphatic hydroxyl groups is 1. The van der Waals surface area contributed by atoms with Crippen molar-refractivity contribution in [1.29, 1.82) is 0 Å². The van der Waals surface area contributed by atoms with Crippen LogP contribution in [0.1, 0.15) is 17.0 Å². The predicted molar refractivity (Wildman–Crippen MR) is 91.8 cm³/mol. The smallest absolute Gasteiger partial charge is 0.123 e. The number of nitrogens with zero attached hydrogens (tertiary/aromatic N) is 4. The molecule has 1 aliphatic heterocycles. The summed E-state index contributed by atoms with van der Waals surface area (Å²) in [6, 6.07) is 6.44. The van der Waals surface area contributed by atoms with E-state index in [1.54, 1.807) is 12.1 Å². The second kappa shape index (κ2) is 7.42. The van der Waals surface area contributed by atoms with E-state index in [4.69, 9.17) is 5.11 Å². The zero-order chi connectivity index (χ0) is 17.1. The van der Waals surface area contributed by atoms with Gasteiger partial charge in [-0.05, 0) is 38.1 Å². The fourth-order valence-corrected chi connectivity index (χ4v) is 3.27. The molecular formula is C18H25FN4O. The van der Waals surface area contributed by atoms with Crippen molar-refractivity contribution in [2.24, 2.45) is 0 Å². The van der Waals surface area contributed by atoms with Crippen molar-refractivity contribution >= 4 is 0 Å². The summed E-state index contributed by atoms with van der Waals surface area (Å²) in [6.07, 6.45) is 0. The Hall–Kier alpha value is -1.76. The number of hydrogen-bond acceptors (Lipinski definition) is 4. The summed E-state index contributed by atoms with van der Waals surface area (Å²) in [4.78, 5) is 4.72. The van der Waals surface area contributed by atoms with Crippen molar-refractivity contribution in [1.82, 2.24) is 19.6 Å². The lowest BCUT2D eigenvalue weighted by Crippen LogP contribution is -2.46. The molecule has 2 aromatic rings. The van der Waals surface area contributed by atoms with Crippen molar-refractivity contribution in [3.63, 3.8) is 0 Å². The second-order valence-electron chi connectivity index (χ2n) is 6.38. The van der Waals surface area contributed by atoms with Crippen LogP contribution in [0.2, 0.25) is 0 Å². The summed E-state index contributed by atoms with van der Waals surface area (Å²) in [7, 11) is 0. The third kappa shape index (κ3) is 3.66. The maximum Gasteiger partial charge on any atom is 0.123 e. The molecule has 24 heavy (non-hydrogen) atoms. The molecule has 0 unspecified atom stereocenters. The molecule has 0 saturated carbocycles. The van der Waals surface area contributed by atoms with Gasteiger partial charge in [0.2, 0.25) is 0 Å². The molecule has 0 spiro atoms. The van der Waals surface area contributed by atoms with Gasteiger partial charge in [-0.2, -0.15) is 5.10 Å². The zero-order valence-corrected chi connectivity index (χ0v) is 14.4. The van der Waals surface area contributed by atoms with Gasteiger partial charge < -0.3 is 5.11 Å². The van der Waals surface area contributed by atoms with Gasteiger partial charge in [0, 0.05) is 50.5 Å². The number of piperazine rings is 1. The third-order valence-electron chi connectivity index (χ3n) is 4.78. The molecule has 1 fully saturated rings. The van der Waals surface area contributed by atoms with Crippen LogP contribution >= 0.6 is 0 Å². The Morgan fingerprint density at radius 3 is 2.29 bits per heavy atom. The number of aliphatic hydroxyl groups excluding tert-OH is 1. The normalized spacial score (nSPS) is 16.7. The van der Waals surface area contributed by atoms with Crippen molar-refractivity contribution in [2.75, 3.05) is 39.3 Å². The standard InChI is InChI=1S/C18H25FN4O/c1-14-18(13-22-9-7-21(8-10-22)11-12-24)15(2)23(20-14)17-5-3-16(19)4-6-17/h3-6,24H,7-13H2,1-2H3. The summed E-state index contributed by atoms with van der Waals surface area (Å²) in [5.74, 6) is -0.235. The van der Waals surface area contributed by atoms with Crippen molar-refractivity contribution in [3.8, 4) is 5.69 Å². The van der Waals surface area contributed by atoms with Crippen LogP contribution in [0.3, 0.4) is 0 Å². The van der Waals surface area contributed by atoms with E-state index in [9.17, 15) is 4.39 Å². The van der Waals surface area contributed by atoms with E-state index in [0.29, 0.717) is 0 Å².